The van der Waals surface area contributed by atoms with Gasteiger partial charge >= 0.3 is 5.97 Å². The quantitative estimate of drug-likeness (QED) is 0.896. The van der Waals surface area contributed by atoms with Crippen molar-refractivity contribution in [2.24, 2.45) is 7.05 Å². The third-order valence-corrected chi connectivity index (χ3v) is 2.72. The van der Waals surface area contributed by atoms with E-state index in [-0.39, 0.29) is 5.56 Å². The fourth-order valence-corrected chi connectivity index (χ4v) is 1.96. The van der Waals surface area contributed by atoms with Crippen molar-refractivity contribution in [1.29, 1.82) is 0 Å². The first-order valence-corrected chi connectivity index (χ1v) is 5.77. The highest BCUT2D eigenvalue weighted by molar-refractivity contribution is 5.96. The molecule has 0 spiro atoms. The van der Waals surface area contributed by atoms with E-state index in [0.717, 1.165) is 12.1 Å². The molecule has 2 aromatic rings. The molecule has 0 aliphatic rings. The fraction of sp³-hybridized carbons (Fsp3) is 0.417. The summed E-state index contributed by atoms with van der Waals surface area (Å²) in [7, 11) is 1.78. The summed E-state index contributed by atoms with van der Waals surface area (Å²) < 4.78 is 6.78. The van der Waals surface area contributed by atoms with Crippen LogP contribution in [0.25, 0.3) is 11.3 Å². The maximum atomic E-state index is 11.3. The van der Waals surface area contributed by atoms with Crippen LogP contribution < -0.4 is 0 Å². The van der Waals surface area contributed by atoms with E-state index < -0.39 is 5.97 Å². The van der Waals surface area contributed by atoms with Gasteiger partial charge in [0.15, 0.2) is 5.76 Å². The Morgan fingerprint density at radius 2 is 2.28 bits per heavy atom. The Morgan fingerprint density at radius 1 is 1.56 bits per heavy atom. The SMILES string of the molecule is CCCc1onc(-c2cn(C)nc2C)c1C(=O)O. The molecule has 0 unspecified atom stereocenters. The molecule has 96 valence electrons. The van der Waals surface area contributed by atoms with Crippen LogP contribution in [-0.2, 0) is 13.5 Å². The molecule has 0 aliphatic heterocycles. The number of hydrogen-bond acceptors (Lipinski definition) is 4. The van der Waals surface area contributed by atoms with Crippen LogP contribution in [0.3, 0.4) is 0 Å². The van der Waals surface area contributed by atoms with E-state index in [1.807, 2.05) is 13.8 Å². The maximum Gasteiger partial charge on any atom is 0.341 e. The molecule has 0 fully saturated rings. The van der Waals surface area contributed by atoms with Crippen LogP contribution in [0, 0.1) is 6.92 Å². The maximum absolute atomic E-state index is 11.3. The van der Waals surface area contributed by atoms with Crippen LogP contribution in [0.2, 0.25) is 0 Å². The van der Waals surface area contributed by atoms with Gasteiger partial charge < -0.3 is 9.63 Å². The minimum Gasteiger partial charge on any atom is -0.477 e. The van der Waals surface area contributed by atoms with Gasteiger partial charge in [0.05, 0.1) is 5.69 Å². The molecule has 2 heterocycles. The highest BCUT2D eigenvalue weighted by atomic mass is 16.5. The number of aromatic carboxylic acids is 1. The Balaban J connectivity index is 2.57. The number of carbonyl (C=O) groups is 1. The van der Waals surface area contributed by atoms with Crippen molar-refractivity contribution < 1.29 is 14.4 Å². The van der Waals surface area contributed by atoms with Crippen LogP contribution in [0.4, 0.5) is 0 Å². The second-order valence-electron chi connectivity index (χ2n) is 4.19. The van der Waals surface area contributed by atoms with Gasteiger partial charge in [-0.05, 0) is 13.3 Å². The monoisotopic (exact) mass is 249 g/mol. The molecule has 0 aliphatic carbocycles. The Morgan fingerprint density at radius 3 is 2.78 bits per heavy atom. The molecule has 0 bridgehead atoms. The number of carboxylic acids is 1. The van der Waals surface area contributed by atoms with E-state index in [9.17, 15) is 9.90 Å². The van der Waals surface area contributed by atoms with E-state index in [4.69, 9.17) is 4.52 Å². The van der Waals surface area contributed by atoms with E-state index in [0.29, 0.717) is 23.4 Å². The second kappa shape index (κ2) is 4.64. The second-order valence-corrected chi connectivity index (χ2v) is 4.19. The molecule has 18 heavy (non-hydrogen) atoms. The van der Waals surface area contributed by atoms with Gasteiger partial charge in [0, 0.05) is 25.2 Å². The van der Waals surface area contributed by atoms with Gasteiger partial charge in [-0.2, -0.15) is 5.10 Å². The normalized spacial score (nSPS) is 10.8. The molecule has 6 nitrogen and oxygen atoms in total. The molecule has 0 saturated heterocycles. The van der Waals surface area contributed by atoms with Crippen LogP contribution in [0.5, 0.6) is 0 Å². The van der Waals surface area contributed by atoms with Crippen LogP contribution >= 0.6 is 0 Å². The summed E-state index contributed by atoms with van der Waals surface area (Å²) in [6, 6.07) is 0. The third kappa shape index (κ3) is 2.01. The summed E-state index contributed by atoms with van der Waals surface area (Å²) >= 11 is 0. The number of nitrogens with zero attached hydrogens (tertiary/aromatic N) is 3. The molecular weight excluding hydrogens is 234 g/mol. The minimum absolute atomic E-state index is 0.146. The van der Waals surface area contributed by atoms with Crippen molar-refractivity contribution in [3.8, 4) is 11.3 Å². The minimum atomic E-state index is -1.02. The number of carboxylic acid groups (broad SMARTS) is 1. The van der Waals surface area contributed by atoms with Crippen LogP contribution in [-0.4, -0.2) is 26.0 Å². The lowest BCUT2D eigenvalue weighted by Gasteiger charge is -1.97. The largest absolute Gasteiger partial charge is 0.477 e. The zero-order chi connectivity index (χ0) is 13.3. The highest BCUT2D eigenvalue weighted by Crippen LogP contribution is 2.28. The highest BCUT2D eigenvalue weighted by Gasteiger charge is 2.24. The lowest BCUT2D eigenvalue weighted by Crippen LogP contribution is -2.01. The average molecular weight is 249 g/mol. The number of aromatic nitrogens is 3. The third-order valence-electron chi connectivity index (χ3n) is 2.72. The van der Waals surface area contributed by atoms with Gasteiger partial charge in [0.1, 0.15) is 11.3 Å². The molecule has 6 heteroatoms. The molecule has 0 atom stereocenters. The summed E-state index contributed by atoms with van der Waals surface area (Å²) in [5, 5.41) is 17.4. The van der Waals surface area contributed by atoms with E-state index in [2.05, 4.69) is 10.3 Å². The van der Waals surface area contributed by atoms with Gasteiger partial charge in [0.25, 0.3) is 0 Å². The predicted octanol–water partition coefficient (Wildman–Crippen LogP) is 2.03. The molecule has 0 aromatic carbocycles. The van der Waals surface area contributed by atoms with Crippen molar-refractivity contribution >= 4 is 5.97 Å². The van der Waals surface area contributed by atoms with Crippen molar-refractivity contribution in [3.05, 3.63) is 23.2 Å². The van der Waals surface area contributed by atoms with Crippen LogP contribution in [0.15, 0.2) is 10.7 Å². The summed E-state index contributed by atoms with van der Waals surface area (Å²) in [4.78, 5) is 11.3. The molecule has 0 saturated carbocycles. The summed E-state index contributed by atoms with van der Waals surface area (Å²) in [5.41, 5.74) is 1.93. The van der Waals surface area contributed by atoms with E-state index in [1.165, 1.54) is 0 Å². The first-order valence-electron chi connectivity index (χ1n) is 5.77. The Labute approximate surface area is 104 Å². The number of rotatable bonds is 4. The Kier molecular flexibility index (Phi) is 3.18. The molecule has 2 aromatic heterocycles. The lowest BCUT2D eigenvalue weighted by molar-refractivity contribution is 0.0695. The van der Waals surface area contributed by atoms with Crippen LogP contribution in [0.1, 0.15) is 35.2 Å². The number of aryl methyl sites for hydroxylation is 3. The smallest absolute Gasteiger partial charge is 0.341 e. The molecule has 0 radical (unpaired) electrons. The molecule has 0 amide bonds. The lowest BCUT2D eigenvalue weighted by atomic mass is 10.1. The summed E-state index contributed by atoms with van der Waals surface area (Å²) in [6.07, 6.45) is 3.12. The topological polar surface area (TPSA) is 81.2 Å². The van der Waals surface area contributed by atoms with Crippen molar-refractivity contribution in [1.82, 2.24) is 14.9 Å². The van der Waals surface area contributed by atoms with Gasteiger partial charge in [-0.15, -0.1) is 0 Å². The first-order chi connectivity index (χ1) is 8.54. The summed E-state index contributed by atoms with van der Waals surface area (Å²) in [6.45, 7) is 3.78. The average Bonchev–Trinajstić information content (AvgIpc) is 2.82. The van der Waals surface area contributed by atoms with Gasteiger partial charge in [-0.25, -0.2) is 4.79 Å². The standard InChI is InChI=1S/C12H15N3O3/c1-4-5-9-10(12(16)17)11(14-18-9)8-6-15(3)13-7(8)2/h6H,4-5H2,1-3H3,(H,16,17). The molecule has 1 N–H and O–H groups in total. The van der Waals surface area contributed by atoms with Gasteiger partial charge in [-0.3, -0.25) is 4.68 Å². The van der Waals surface area contributed by atoms with Gasteiger partial charge in [0.2, 0.25) is 0 Å². The molecular formula is C12H15N3O3. The van der Waals surface area contributed by atoms with E-state index >= 15 is 0 Å². The van der Waals surface area contributed by atoms with E-state index in [1.54, 1.807) is 17.9 Å². The zero-order valence-corrected chi connectivity index (χ0v) is 10.6. The molecule has 2 rings (SSSR count). The number of hydrogen-bond donors (Lipinski definition) is 1. The van der Waals surface area contributed by atoms with Crippen molar-refractivity contribution in [2.75, 3.05) is 0 Å². The van der Waals surface area contributed by atoms with Crippen molar-refractivity contribution in [3.63, 3.8) is 0 Å². The summed E-state index contributed by atoms with van der Waals surface area (Å²) in [5.74, 6) is -0.596. The van der Waals surface area contributed by atoms with Crippen molar-refractivity contribution in [2.45, 2.75) is 26.7 Å². The Bertz CT molecular complexity index is 583. The Hall–Kier alpha value is -2.11. The predicted molar refractivity (Wildman–Crippen MR) is 64.4 cm³/mol. The fourth-order valence-electron chi connectivity index (χ4n) is 1.96. The first kappa shape index (κ1) is 12.3. The zero-order valence-electron chi connectivity index (χ0n) is 10.6. The van der Waals surface area contributed by atoms with Gasteiger partial charge in [-0.1, -0.05) is 12.1 Å².